The number of epoxide rings is 1. The molecule has 2 N–H and O–H groups in total. The van der Waals surface area contributed by atoms with Crippen LogP contribution >= 0.6 is 11.3 Å². The van der Waals surface area contributed by atoms with Crippen molar-refractivity contribution in [3.05, 3.63) is 57.6 Å². The summed E-state index contributed by atoms with van der Waals surface area (Å²) in [5.74, 6) is -1.68. The van der Waals surface area contributed by atoms with Crippen LogP contribution in [0.25, 0.3) is 6.08 Å². The molecule has 224 valence electrons. The SMILES string of the molecule is CC(=Cc1csc(C)n1)[C@@H]1C[C@@H]2O[C@]2(C)CCC[C@H](C)[C@@H](O)[C@H](Cc2ccccc2)C(=O)C(C)(C)[C@@H](O)CC(=O)O1. The van der Waals surface area contributed by atoms with Crippen LogP contribution in [-0.2, 0) is 25.5 Å². The lowest BCUT2D eigenvalue weighted by atomic mass is 9.70. The van der Waals surface area contributed by atoms with Gasteiger partial charge < -0.3 is 19.7 Å². The van der Waals surface area contributed by atoms with E-state index in [-0.39, 0.29) is 29.8 Å². The van der Waals surface area contributed by atoms with Gasteiger partial charge in [-0.1, -0.05) is 57.5 Å². The molecular weight excluding hydrogens is 538 g/mol. The summed E-state index contributed by atoms with van der Waals surface area (Å²) >= 11 is 1.56. The first-order chi connectivity index (χ1) is 19.3. The van der Waals surface area contributed by atoms with Gasteiger partial charge in [-0.05, 0) is 63.2 Å². The van der Waals surface area contributed by atoms with Gasteiger partial charge in [-0.3, -0.25) is 9.59 Å². The van der Waals surface area contributed by atoms with Crippen LogP contribution < -0.4 is 0 Å². The molecule has 1 aromatic heterocycles. The molecule has 2 aromatic rings. The van der Waals surface area contributed by atoms with Crippen LogP contribution in [0.1, 0.15) is 83.0 Å². The molecule has 4 rings (SSSR count). The Morgan fingerprint density at radius 1 is 1.17 bits per heavy atom. The second-order valence-corrected chi connectivity index (χ2v) is 13.8. The highest BCUT2D eigenvalue weighted by Gasteiger charge is 2.53. The third kappa shape index (κ3) is 7.72. The van der Waals surface area contributed by atoms with Gasteiger partial charge in [0, 0.05) is 17.7 Å². The van der Waals surface area contributed by atoms with E-state index in [0.717, 1.165) is 41.1 Å². The number of cyclic esters (lactones) is 1. The molecule has 8 heteroatoms. The van der Waals surface area contributed by atoms with Crippen molar-refractivity contribution < 1.29 is 29.3 Å². The predicted octanol–water partition coefficient (Wildman–Crippen LogP) is 5.70. The molecular formula is C33H45NO6S. The summed E-state index contributed by atoms with van der Waals surface area (Å²) in [5.41, 5.74) is 1.01. The van der Waals surface area contributed by atoms with E-state index in [1.54, 1.807) is 25.2 Å². The fraction of sp³-hybridized carbons (Fsp3) is 0.606. The Morgan fingerprint density at radius 3 is 2.54 bits per heavy atom. The molecule has 7 atom stereocenters. The highest BCUT2D eigenvalue weighted by Crippen LogP contribution is 2.45. The van der Waals surface area contributed by atoms with E-state index in [1.165, 1.54) is 0 Å². The molecule has 2 saturated heterocycles. The first kappa shape index (κ1) is 31.5. The normalized spacial score (nSPS) is 33.6. The van der Waals surface area contributed by atoms with E-state index in [0.29, 0.717) is 12.8 Å². The molecule has 0 amide bonds. The van der Waals surface area contributed by atoms with Gasteiger partial charge in [0.25, 0.3) is 0 Å². The summed E-state index contributed by atoms with van der Waals surface area (Å²) in [4.78, 5) is 31.7. The number of hydrogen-bond acceptors (Lipinski definition) is 8. The quantitative estimate of drug-likeness (QED) is 0.351. The summed E-state index contributed by atoms with van der Waals surface area (Å²) in [6.07, 6.45) is 2.09. The van der Waals surface area contributed by atoms with Gasteiger partial charge in [-0.25, -0.2) is 4.98 Å². The average molecular weight is 584 g/mol. The van der Waals surface area contributed by atoms with Crippen LogP contribution in [0.3, 0.4) is 0 Å². The van der Waals surface area contributed by atoms with E-state index in [4.69, 9.17) is 9.47 Å². The molecule has 0 saturated carbocycles. The number of Topliss-reactive ketones (excluding diaryl/α,β-unsaturated/α-hetero) is 1. The molecule has 2 fully saturated rings. The van der Waals surface area contributed by atoms with Crippen LogP contribution in [0.2, 0.25) is 0 Å². The summed E-state index contributed by atoms with van der Waals surface area (Å²) in [7, 11) is 0. The smallest absolute Gasteiger partial charge is 0.309 e. The first-order valence-corrected chi connectivity index (χ1v) is 15.6. The minimum absolute atomic E-state index is 0.0669. The van der Waals surface area contributed by atoms with E-state index >= 15 is 0 Å². The van der Waals surface area contributed by atoms with E-state index in [2.05, 4.69) is 11.9 Å². The lowest BCUT2D eigenvalue weighted by Crippen LogP contribution is -2.47. The summed E-state index contributed by atoms with van der Waals surface area (Å²) in [6, 6.07) is 9.63. The maximum atomic E-state index is 14.0. The minimum Gasteiger partial charge on any atom is -0.458 e. The molecule has 2 aliphatic rings. The van der Waals surface area contributed by atoms with Crippen LogP contribution in [0.4, 0.5) is 0 Å². The van der Waals surface area contributed by atoms with Gasteiger partial charge in [0.1, 0.15) is 11.9 Å². The summed E-state index contributed by atoms with van der Waals surface area (Å²) in [5, 5.41) is 25.6. The number of aliphatic hydroxyl groups excluding tert-OH is 2. The van der Waals surface area contributed by atoms with Crippen LogP contribution in [-0.4, -0.2) is 57.0 Å². The maximum absolute atomic E-state index is 14.0. The molecule has 0 radical (unpaired) electrons. The van der Waals surface area contributed by atoms with Gasteiger partial charge >= 0.3 is 5.97 Å². The zero-order valence-electron chi connectivity index (χ0n) is 25.1. The number of carbonyl (C=O) groups is 2. The van der Waals surface area contributed by atoms with Crippen LogP contribution in [0.15, 0.2) is 41.3 Å². The summed E-state index contributed by atoms with van der Waals surface area (Å²) < 4.78 is 12.1. The Morgan fingerprint density at radius 2 is 1.88 bits per heavy atom. The Kier molecular flexibility index (Phi) is 9.89. The number of ketones is 1. The van der Waals surface area contributed by atoms with E-state index < -0.39 is 35.6 Å². The number of aliphatic hydroxyl groups is 2. The number of nitrogens with zero attached hydrogens (tertiary/aromatic N) is 1. The lowest BCUT2D eigenvalue weighted by Gasteiger charge is -2.36. The van der Waals surface area contributed by atoms with Crippen molar-refractivity contribution in [1.82, 2.24) is 4.98 Å². The van der Waals surface area contributed by atoms with Crippen LogP contribution in [0.5, 0.6) is 0 Å². The zero-order chi connectivity index (χ0) is 29.9. The largest absolute Gasteiger partial charge is 0.458 e. The maximum Gasteiger partial charge on any atom is 0.309 e. The zero-order valence-corrected chi connectivity index (χ0v) is 25.9. The standard InChI is InChI=1S/C33H45NO6S/c1-20-11-10-14-33(6)28(40-33)17-26(21(2)15-24-19-41-22(3)34-24)39-29(36)18-27(35)32(4,5)31(38)25(30(20)37)16-23-12-8-7-9-13-23/h7-9,12-13,15,19-20,25-28,30,35,37H,10-11,14,16-18H2,1-6H3/t20-,25-,26-,27-,28-,30+,33+/m0/s1. The van der Waals surface area contributed by atoms with Crippen molar-refractivity contribution in [1.29, 1.82) is 0 Å². The molecule has 1 aromatic carbocycles. The minimum atomic E-state index is -1.27. The lowest BCUT2D eigenvalue weighted by molar-refractivity contribution is -0.154. The van der Waals surface area contributed by atoms with Crippen molar-refractivity contribution in [2.45, 2.75) is 110 Å². The monoisotopic (exact) mass is 583 g/mol. The Labute approximate surface area is 248 Å². The number of ether oxygens (including phenoxy) is 2. The number of carbonyl (C=O) groups excluding carboxylic acids is 2. The molecule has 0 aliphatic carbocycles. The number of fused-ring (bicyclic) bond motifs is 1. The Hall–Kier alpha value is -2.39. The number of hydrogen-bond donors (Lipinski definition) is 2. The third-order valence-electron chi connectivity index (χ3n) is 9.05. The number of esters is 1. The fourth-order valence-electron chi connectivity index (χ4n) is 5.94. The van der Waals surface area contributed by atoms with Crippen molar-refractivity contribution in [2.24, 2.45) is 17.3 Å². The number of rotatable bonds is 4. The fourth-order valence-corrected chi connectivity index (χ4v) is 6.51. The predicted molar refractivity (Wildman–Crippen MR) is 160 cm³/mol. The average Bonchev–Trinajstić information content (AvgIpc) is 3.37. The number of aryl methyl sites for hydroxylation is 1. The Bertz CT molecular complexity index is 1240. The summed E-state index contributed by atoms with van der Waals surface area (Å²) in [6.45, 7) is 11.2. The van der Waals surface area contributed by atoms with Crippen molar-refractivity contribution in [2.75, 3.05) is 0 Å². The van der Waals surface area contributed by atoms with Crippen molar-refractivity contribution in [3.8, 4) is 0 Å². The van der Waals surface area contributed by atoms with Gasteiger partial charge in [-0.2, -0.15) is 0 Å². The highest BCUT2D eigenvalue weighted by atomic mass is 32.1. The second kappa shape index (κ2) is 12.9. The van der Waals surface area contributed by atoms with Crippen molar-refractivity contribution >= 4 is 29.2 Å². The molecule has 0 spiro atoms. The van der Waals surface area contributed by atoms with Gasteiger partial charge in [-0.15, -0.1) is 11.3 Å². The van der Waals surface area contributed by atoms with Gasteiger partial charge in [0.05, 0.1) is 46.5 Å². The highest BCUT2D eigenvalue weighted by molar-refractivity contribution is 7.09. The number of thiazole rings is 1. The van der Waals surface area contributed by atoms with Gasteiger partial charge in [0.2, 0.25) is 0 Å². The first-order valence-electron chi connectivity index (χ1n) is 14.7. The molecule has 41 heavy (non-hydrogen) atoms. The van der Waals surface area contributed by atoms with Crippen molar-refractivity contribution in [3.63, 3.8) is 0 Å². The molecule has 2 aliphatic heterocycles. The van der Waals surface area contributed by atoms with E-state index in [1.807, 2.05) is 62.6 Å². The topological polar surface area (TPSA) is 109 Å². The number of benzene rings is 1. The molecule has 0 bridgehead atoms. The molecule has 0 unspecified atom stereocenters. The van der Waals surface area contributed by atoms with Crippen LogP contribution in [0, 0.1) is 24.2 Å². The molecule has 7 nitrogen and oxygen atoms in total. The third-order valence-corrected chi connectivity index (χ3v) is 9.84. The molecule has 3 heterocycles. The van der Waals surface area contributed by atoms with E-state index in [9.17, 15) is 19.8 Å². The van der Waals surface area contributed by atoms with Gasteiger partial charge in [0.15, 0.2) is 0 Å². The number of aromatic nitrogens is 1. The second-order valence-electron chi connectivity index (χ2n) is 12.8. The Balaban J connectivity index is 1.61.